The average molecular weight is 332 g/mol. The molecular weight excluding hydrogens is 316 g/mol. The van der Waals surface area contributed by atoms with Gasteiger partial charge in [0.15, 0.2) is 5.75 Å². The molecule has 0 bridgehead atoms. The van der Waals surface area contributed by atoms with Gasteiger partial charge in [0.05, 0.1) is 18.2 Å². The quantitative estimate of drug-likeness (QED) is 0.601. The number of H-pyrrole nitrogens is 1. The molecule has 124 valence electrons. The van der Waals surface area contributed by atoms with E-state index in [1.807, 2.05) is 53.2 Å². The van der Waals surface area contributed by atoms with Crippen molar-refractivity contribution < 1.29 is 9.84 Å². The summed E-state index contributed by atoms with van der Waals surface area (Å²) in [6.07, 6.45) is 1.82. The molecule has 0 aliphatic heterocycles. The van der Waals surface area contributed by atoms with Crippen molar-refractivity contribution in [2.45, 2.75) is 0 Å². The first kappa shape index (κ1) is 15.1. The van der Waals surface area contributed by atoms with Crippen molar-refractivity contribution in [3.8, 4) is 28.3 Å². The van der Waals surface area contributed by atoms with Crippen molar-refractivity contribution in [1.82, 2.24) is 9.55 Å². The van der Waals surface area contributed by atoms with Crippen LogP contribution >= 0.6 is 0 Å². The fraction of sp³-hybridized carbons (Fsp3) is 0.0500. The Kier molecular flexibility index (Phi) is 3.54. The zero-order valence-corrected chi connectivity index (χ0v) is 13.6. The third-order valence-corrected chi connectivity index (χ3v) is 4.24. The summed E-state index contributed by atoms with van der Waals surface area (Å²) in [5.74, 6) is 0.716. The Hall–Kier alpha value is -3.47. The second kappa shape index (κ2) is 5.87. The summed E-state index contributed by atoms with van der Waals surface area (Å²) in [7, 11) is 1.61. The highest BCUT2D eigenvalue weighted by atomic mass is 16.5. The Morgan fingerprint density at radius 2 is 1.72 bits per heavy atom. The van der Waals surface area contributed by atoms with Crippen LogP contribution in [-0.2, 0) is 0 Å². The number of nitrogens with one attached hydrogen (secondary N) is 1. The Labute approximate surface area is 143 Å². The maximum Gasteiger partial charge on any atom is 0.260 e. The van der Waals surface area contributed by atoms with Gasteiger partial charge in [-0.15, -0.1) is 0 Å². The SMILES string of the molecule is COc1ccc(-n2ccc3[nH]c(=O)c(-c4ccccc4)c(O)c32)cc1. The van der Waals surface area contributed by atoms with Gasteiger partial charge in [-0.25, -0.2) is 0 Å². The van der Waals surface area contributed by atoms with Gasteiger partial charge in [0, 0.05) is 11.9 Å². The molecule has 4 rings (SSSR count). The van der Waals surface area contributed by atoms with E-state index >= 15 is 0 Å². The van der Waals surface area contributed by atoms with Crippen molar-refractivity contribution >= 4 is 11.0 Å². The number of aromatic hydroxyl groups is 1. The van der Waals surface area contributed by atoms with Gasteiger partial charge in [-0.3, -0.25) is 4.79 Å². The van der Waals surface area contributed by atoms with E-state index in [1.54, 1.807) is 25.3 Å². The molecule has 5 heteroatoms. The number of ether oxygens (including phenoxy) is 1. The minimum absolute atomic E-state index is 0.0363. The van der Waals surface area contributed by atoms with E-state index in [4.69, 9.17) is 4.74 Å². The summed E-state index contributed by atoms with van der Waals surface area (Å²) >= 11 is 0. The van der Waals surface area contributed by atoms with E-state index in [9.17, 15) is 9.90 Å². The summed E-state index contributed by atoms with van der Waals surface area (Å²) < 4.78 is 7.02. The van der Waals surface area contributed by atoms with Gasteiger partial charge in [-0.1, -0.05) is 30.3 Å². The van der Waals surface area contributed by atoms with E-state index in [0.717, 1.165) is 11.4 Å². The number of rotatable bonds is 3. The van der Waals surface area contributed by atoms with Crippen molar-refractivity contribution in [2.75, 3.05) is 7.11 Å². The lowest BCUT2D eigenvalue weighted by molar-refractivity contribution is 0.415. The van der Waals surface area contributed by atoms with Gasteiger partial charge < -0.3 is 19.4 Å². The molecule has 5 nitrogen and oxygen atoms in total. The summed E-state index contributed by atoms with van der Waals surface area (Å²) in [4.78, 5) is 15.3. The number of nitrogens with zero attached hydrogens (tertiary/aromatic N) is 1. The van der Waals surface area contributed by atoms with Gasteiger partial charge in [0.25, 0.3) is 5.56 Å². The zero-order chi connectivity index (χ0) is 17.4. The van der Waals surface area contributed by atoms with Crippen LogP contribution in [0.15, 0.2) is 71.7 Å². The van der Waals surface area contributed by atoms with Crippen molar-refractivity contribution in [1.29, 1.82) is 0 Å². The van der Waals surface area contributed by atoms with Gasteiger partial charge in [0.1, 0.15) is 11.3 Å². The molecule has 2 heterocycles. The lowest BCUT2D eigenvalue weighted by Gasteiger charge is -2.10. The number of aromatic amines is 1. The van der Waals surface area contributed by atoms with E-state index in [1.165, 1.54) is 0 Å². The molecular formula is C20H16N2O3. The van der Waals surface area contributed by atoms with Gasteiger partial charge in [0.2, 0.25) is 0 Å². The molecule has 0 fully saturated rings. The van der Waals surface area contributed by atoms with Crippen molar-refractivity contribution in [3.05, 3.63) is 77.2 Å². The monoisotopic (exact) mass is 332 g/mol. The highest BCUT2D eigenvalue weighted by Crippen LogP contribution is 2.34. The molecule has 0 aliphatic rings. The second-order valence-electron chi connectivity index (χ2n) is 5.69. The van der Waals surface area contributed by atoms with E-state index in [-0.39, 0.29) is 16.9 Å². The maximum absolute atomic E-state index is 12.4. The standard InChI is InChI=1S/C20H16N2O3/c1-25-15-9-7-14(8-10-15)22-12-11-16-18(22)19(23)17(20(24)21-16)13-5-3-2-4-6-13/h2-12H,1H3,(H2,21,23,24). The highest BCUT2D eigenvalue weighted by Gasteiger charge is 2.17. The van der Waals surface area contributed by atoms with E-state index in [0.29, 0.717) is 16.6 Å². The Morgan fingerprint density at radius 1 is 1.00 bits per heavy atom. The van der Waals surface area contributed by atoms with Crippen LogP contribution in [0.25, 0.3) is 27.8 Å². The number of hydrogen-bond acceptors (Lipinski definition) is 3. The number of benzene rings is 2. The molecule has 25 heavy (non-hydrogen) atoms. The third kappa shape index (κ3) is 2.46. The smallest absolute Gasteiger partial charge is 0.260 e. The predicted octanol–water partition coefficient (Wildman–Crippen LogP) is 3.70. The molecule has 2 aromatic heterocycles. The van der Waals surface area contributed by atoms with Crippen molar-refractivity contribution in [2.24, 2.45) is 0 Å². The number of methoxy groups -OCH3 is 1. The first-order valence-electron chi connectivity index (χ1n) is 7.85. The van der Waals surface area contributed by atoms with Crippen LogP contribution in [0.5, 0.6) is 11.5 Å². The molecule has 2 aromatic carbocycles. The molecule has 0 radical (unpaired) electrons. The topological polar surface area (TPSA) is 67.2 Å². The minimum atomic E-state index is -0.316. The summed E-state index contributed by atoms with van der Waals surface area (Å²) in [6, 6.07) is 18.4. The molecule has 0 amide bonds. The summed E-state index contributed by atoms with van der Waals surface area (Å²) in [6.45, 7) is 0. The Bertz CT molecular complexity index is 1090. The molecule has 0 saturated heterocycles. The number of aromatic nitrogens is 2. The molecule has 0 saturated carbocycles. The van der Waals surface area contributed by atoms with Gasteiger partial charge >= 0.3 is 0 Å². The molecule has 4 aromatic rings. The fourth-order valence-electron chi connectivity index (χ4n) is 3.02. The summed E-state index contributed by atoms with van der Waals surface area (Å²) in [5, 5.41) is 10.9. The largest absolute Gasteiger partial charge is 0.505 e. The predicted molar refractivity (Wildman–Crippen MR) is 97.5 cm³/mol. The average Bonchev–Trinajstić information content (AvgIpc) is 3.06. The Balaban J connectivity index is 1.97. The maximum atomic E-state index is 12.4. The second-order valence-corrected chi connectivity index (χ2v) is 5.69. The molecule has 0 aliphatic carbocycles. The van der Waals surface area contributed by atoms with Crippen molar-refractivity contribution in [3.63, 3.8) is 0 Å². The molecule has 0 unspecified atom stereocenters. The first-order valence-corrected chi connectivity index (χ1v) is 7.85. The number of pyridine rings is 1. The van der Waals surface area contributed by atoms with Gasteiger partial charge in [-0.2, -0.15) is 0 Å². The van der Waals surface area contributed by atoms with Crippen LogP contribution in [0, 0.1) is 0 Å². The molecule has 0 atom stereocenters. The lowest BCUT2D eigenvalue weighted by Crippen LogP contribution is -2.09. The fourth-order valence-corrected chi connectivity index (χ4v) is 3.02. The molecule has 0 spiro atoms. The third-order valence-electron chi connectivity index (χ3n) is 4.24. The number of fused-ring (bicyclic) bond motifs is 1. The van der Waals surface area contributed by atoms with Crippen LogP contribution in [0.1, 0.15) is 0 Å². The first-order chi connectivity index (χ1) is 12.2. The number of hydrogen-bond donors (Lipinski definition) is 2. The van der Waals surface area contributed by atoms with E-state index in [2.05, 4.69) is 4.98 Å². The highest BCUT2D eigenvalue weighted by molar-refractivity contribution is 5.90. The van der Waals surface area contributed by atoms with E-state index < -0.39 is 0 Å². The van der Waals surface area contributed by atoms with Crippen LogP contribution in [-0.4, -0.2) is 21.8 Å². The lowest BCUT2D eigenvalue weighted by atomic mass is 10.1. The van der Waals surface area contributed by atoms with Crippen LogP contribution in [0.4, 0.5) is 0 Å². The Morgan fingerprint density at radius 3 is 2.40 bits per heavy atom. The van der Waals surface area contributed by atoms with Crippen LogP contribution in [0.3, 0.4) is 0 Å². The van der Waals surface area contributed by atoms with Gasteiger partial charge in [-0.05, 0) is 35.9 Å². The van der Waals surface area contributed by atoms with Crippen LogP contribution in [0.2, 0.25) is 0 Å². The minimum Gasteiger partial charge on any atom is -0.505 e. The zero-order valence-electron chi connectivity index (χ0n) is 13.6. The summed E-state index contributed by atoms with van der Waals surface area (Å²) in [5.41, 5.74) is 2.62. The molecule has 2 N–H and O–H groups in total. The normalized spacial score (nSPS) is 10.9. The van der Waals surface area contributed by atoms with Crippen LogP contribution < -0.4 is 10.3 Å².